The number of anilines is 2. The van der Waals surface area contributed by atoms with Gasteiger partial charge in [-0.2, -0.15) is 0 Å². The fourth-order valence-corrected chi connectivity index (χ4v) is 2.61. The Kier molecular flexibility index (Phi) is 3.39. The maximum atomic E-state index is 12.4. The van der Waals surface area contributed by atoms with Crippen LogP contribution in [0.3, 0.4) is 0 Å². The molecule has 106 valence electrons. The summed E-state index contributed by atoms with van der Waals surface area (Å²) in [4.78, 5) is 30.0. The summed E-state index contributed by atoms with van der Waals surface area (Å²) in [5.41, 5.74) is 2.42. The lowest BCUT2D eigenvalue weighted by Gasteiger charge is -2.21. The second-order valence-electron chi connectivity index (χ2n) is 5.05. The van der Waals surface area contributed by atoms with Crippen LogP contribution < -0.4 is 10.2 Å². The SMILES string of the molecule is CC1Cc2ccccc2N1C(=O)C(=O)Nc1cccnc1. The third-order valence-corrected chi connectivity index (χ3v) is 3.54. The topological polar surface area (TPSA) is 62.3 Å². The number of para-hydroxylation sites is 1. The largest absolute Gasteiger partial charge is 0.316 e. The van der Waals surface area contributed by atoms with Crippen LogP contribution in [-0.2, 0) is 16.0 Å². The van der Waals surface area contributed by atoms with E-state index < -0.39 is 11.8 Å². The molecular weight excluding hydrogens is 266 g/mol. The number of fused-ring (bicyclic) bond motifs is 1. The van der Waals surface area contributed by atoms with E-state index in [2.05, 4.69) is 10.3 Å². The lowest BCUT2D eigenvalue weighted by molar-refractivity contribution is -0.134. The Hall–Kier alpha value is -2.69. The minimum absolute atomic E-state index is 0.0189. The highest BCUT2D eigenvalue weighted by Gasteiger charge is 2.34. The third-order valence-electron chi connectivity index (χ3n) is 3.54. The Morgan fingerprint density at radius 2 is 2.05 bits per heavy atom. The Bertz CT molecular complexity index is 685. The van der Waals surface area contributed by atoms with Crippen molar-refractivity contribution in [3.63, 3.8) is 0 Å². The zero-order valence-corrected chi connectivity index (χ0v) is 11.6. The highest BCUT2D eigenvalue weighted by atomic mass is 16.2. The molecule has 1 aromatic heterocycles. The first-order valence-electron chi connectivity index (χ1n) is 6.79. The summed E-state index contributed by atoms with van der Waals surface area (Å²) < 4.78 is 0. The summed E-state index contributed by atoms with van der Waals surface area (Å²) in [7, 11) is 0. The molecular formula is C16H15N3O2. The van der Waals surface area contributed by atoms with Crippen LogP contribution in [0.1, 0.15) is 12.5 Å². The normalized spacial score (nSPS) is 16.4. The van der Waals surface area contributed by atoms with Crippen LogP contribution >= 0.6 is 0 Å². The van der Waals surface area contributed by atoms with Gasteiger partial charge in [0.05, 0.1) is 11.9 Å². The van der Waals surface area contributed by atoms with Gasteiger partial charge in [0, 0.05) is 17.9 Å². The van der Waals surface area contributed by atoms with Crippen molar-refractivity contribution < 1.29 is 9.59 Å². The second-order valence-corrected chi connectivity index (χ2v) is 5.05. The predicted octanol–water partition coefficient (Wildman–Crippen LogP) is 2.00. The van der Waals surface area contributed by atoms with Gasteiger partial charge in [-0.15, -0.1) is 0 Å². The first-order chi connectivity index (χ1) is 10.2. The van der Waals surface area contributed by atoms with E-state index in [0.717, 1.165) is 17.7 Å². The number of hydrogen-bond donors (Lipinski definition) is 1. The average Bonchev–Trinajstić information content (AvgIpc) is 2.83. The van der Waals surface area contributed by atoms with Gasteiger partial charge in [-0.05, 0) is 37.1 Å². The van der Waals surface area contributed by atoms with E-state index in [0.29, 0.717) is 5.69 Å². The summed E-state index contributed by atoms with van der Waals surface area (Å²) in [5.74, 6) is -1.19. The molecule has 1 atom stereocenters. The second kappa shape index (κ2) is 5.36. The molecule has 5 nitrogen and oxygen atoms in total. The van der Waals surface area contributed by atoms with E-state index in [1.165, 1.54) is 6.20 Å². The third kappa shape index (κ3) is 2.50. The van der Waals surface area contributed by atoms with Gasteiger partial charge in [-0.1, -0.05) is 18.2 Å². The molecule has 0 bridgehead atoms. The summed E-state index contributed by atoms with van der Waals surface area (Å²) in [6.07, 6.45) is 3.88. The molecule has 0 saturated carbocycles. The van der Waals surface area contributed by atoms with Crippen LogP contribution in [-0.4, -0.2) is 22.8 Å². The van der Waals surface area contributed by atoms with Gasteiger partial charge in [0.25, 0.3) is 0 Å². The summed E-state index contributed by atoms with van der Waals surface area (Å²) in [6.45, 7) is 1.94. The van der Waals surface area contributed by atoms with Crippen molar-refractivity contribution >= 4 is 23.2 Å². The quantitative estimate of drug-likeness (QED) is 0.813. The number of amides is 2. The maximum absolute atomic E-state index is 12.4. The molecule has 1 unspecified atom stereocenters. The predicted molar refractivity (Wildman–Crippen MR) is 80.0 cm³/mol. The number of hydrogen-bond acceptors (Lipinski definition) is 3. The molecule has 1 aromatic carbocycles. The minimum atomic E-state index is -0.647. The number of benzene rings is 1. The van der Waals surface area contributed by atoms with Gasteiger partial charge in [0.2, 0.25) is 0 Å². The maximum Gasteiger partial charge on any atom is 0.316 e. The minimum Gasteiger partial charge on any atom is -0.316 e. The number of nitrogens with zero attached hydrogens (tertiary/aromatic N) is 2. The molecule has 1 N–H and O–H groups in total. The first-order valence-corrected chi connectivity index (χ1v) is 6.79. The van der Waals surface area contributed by atoms with Crippen LogP contribution in [0.15, 0.2) is 48.8 Å². The Balaban J connectivity index is 1.81. The molecule has 0 spiro atoms. The number of aromatic nitrogens is 1. The number of rotatable bonds is 1. The molecule has 21 heavy (non-hydrogen) atoms. The lowest BCUT2D eigenvalue weighted by atomic mass is 10.1. The molecule has 2 amide bonds. The van der Waals surface area contributed by atoms with Gasteiger partial charge in [0.15, 0.2) is 0 Å². The highest BCUT2D eigenvalue weighted by molar-refractivity contribution is 6.44. The number of pyridine rings is 1. The summed E-state index contributed by atoms with van der Waals surface area (Å²) in [5, 5.41) is 2.58. The molecule has 3 rings (SSSR count). The van der Waals surface area contributed by atoms with Crippen molar-refractivity contribution in [2.24, 2.45) is 0 Å². The van der Waals surface area contributed by atoms with Gasteiger partial charge in [-0.25, -0.2) is 0 Å². The van der Waals surface area contributed by atoms with E-state index in [4.69, 9.17) is 0 Å². The van der Waals surface area contributed by atoms with E-state index in [1.807, 2.05) is 31.2 Å². The van der Waals surface area contributed by atoms with Crippen LogP contribution in [0.5, 0.6) is 0 Å². The fourth-order valence-electron chi connectivity index (χ4n) is 2.61. The molecule has 2 aromatic rings. The average molecular weight is 281 g/mol. The van der Waals surface area contributed by atoms with E-state index >= 15 is 0 Å². The first kappa shape index (κ1) is 13.3. The van der Waals surface area contributed by atoms with Crippen molar-refractivity contribution in [3.8, 4) is 0 Å². The Morgan fingerprint density at radius 1 is 1.24 bits per heavy atom. The molecule has 1 aliphatic heterocycles. The van der Waals surface area contributed by atoms with Gasteiger partial charge < -0.3 is 10.2 Å². The van der Waals surface area contributed by atoms with Crippen LogP contribution in [0.2, 0.25) is 0 Å². The standard InChI is InChI=1S/C16H15N3O2/c1-11-9-12-5-2-3-7-14(12)19(11)16(21)15(20)18-13-6-4-8-17-10-13/h2-8,10-11H,9H2,1H3,(H,18,20). The monoisotopic (exact) mass is 281 g/mol. The number of nitrogens with one attached hydrogen (secondary N) is 1. The van der Waals surface area contributed by atoms with E-state index in [9.17, 15) is 9.59 Å². The molecule has 0 aliphatic carbocycles. The van der Waals surface area contributed by atoms with Crippen LogP contribution in [0.4, 0.5) is 11.4 Å². The fraction of sp³-hybridized carbons (Fsp3) is 0.188. The van der Waals surface area contributed by atoms with Gasteiger partial charge in [-0.3, -0.25) is 14.6 Å². The Morgan fingerprint density at radius 3 is 2.81 bits per heavy atom. The van der Waals surface area contributed by atoms with Crippen LogP contribution in [0.25, 0.3) is 0 Å². The molecule has 1 aliphatic rings. The highest BCUT2D eigenvalue weighted by Crippen LogP contribution is 2.31. The Labute approximate surface area is 122 Å². The summed E-state index contributed by atoms with van der Waals surface area (Å²) in [6, 6.07) is 11.0. The molecule has 0 fully saturated rings. The van der Waals surface area contributed by atoms with Crippen molar-refractivity contribution in [2.45, 2.75) is 19.4 Å². The molecule has 5 heteroatoms. The smallest absolute Gasteiger partial charge is 0.316 e. The van der Waals surface area contributed by atoms with Gasteiger partial charge in [0.1, 0.15) is 0 Å². The van der Waals surface area contributed by atoms with E-state index in [-0.39, 0.29) is 6.04 Å². The zero-order chi connectivity index (χ0) is 14.8. The summed E-state index contributed by atoms with van der Waals surface area (Å²) >= 11 is 0. The van der Waals surface area contributed by atoms with Crippen molar-refractivity contribution in [1.29, 1.82) is 0 Å². The van der Waals surface area contributed by atoms with Crippen molar-refractivity contribution in [2.75, 3.05) is 10.2 Å². The molecule has 2 heterocycles. The van der Waals surface area contributed by atoms with Crippen LogP contribution in [0, 0.1) is 0 Å². The molecule has 0 radical (unpaired) electrons. The number of carbonyl (C=O) groups is 2. The van der Waals surface area contributed by atoms with Crippen molar-refractivity contribution in [3.05, 3.63) is 54.4 Å². The van der Waals surface area contributed by atoms with E-state index in [1.54, 1.807) is 23.2 Å². The lowest BCUT2D eigenvalue weighted by Crippen LogP contribution is -2.43. The zero-order valence-electron chi connectivity index (χ0n) is 11.6. The molecule has 0 saturated heterocycles. The van der Waals surface area contributed by atoms with Gasteiger partial charge >= 0.3 is 11.8 Å². The number of carbonyl (C=O) groups excluding carboxylic acids is 2. The van der Waals surface area contributed by atoms with Crippen molar-refractivity contribution in [1.82, 2.24) is 4.98 Å².